The minimum absolute atomic E-state index is 0.117. The lowest BCUT2D eigenvalue weighted by Crippen LogP contribution is -2.49. The van der Waals surface area contributed by atoms with Gasteiger partial charge >= 0.3 is 0 Å². The second-order valence-electron chi connectivity index (χ2n) is 11.8. The number of nitrogens with zero attached hydrogens (tertiary/aromatic N) is 1. The van der Waals surface area contributed by atoms with Crippen molar-refractivity contribution < 1.29 is 19.1 Å². The molecule has 1 N–H and O–H groups in total. The molecule has 7 atom stereocenters. The first-order valence-electron chi connectivity index (χ1n) is 14.1. The average Bonchev–Trinajstić information content (AvgIpc) is 3.72. The van der Waals surface area contributed by atoms with Crippen LogP contribution in [0.5, 0.6) is 11.5 Å². The number of carbonyl (C=O) groups is 3. The van der Waals surface area contributed by atoms with E-state index in [-0.39, 0.29) is 47.8 Å². The number of amides is 3. The Morgan fingerprint density at radius 2 is 1.45 bits per heavy atom. The Morgan fingerprint density at radius 1 is 0.850 bits per heavy atom. The summed E-state index contributed by atoms with van der Waals surface area (Å²) in [6.07, 6.45) is 5.69. The molecule has 1 heterocycles. The summed E-state index contributed by atoms with van der Waals surface area (Å²) in [5, 5.41) is 2.97. The highest BCUT2D eigenvalue weighted by Gasteiger charge is 2.67. The number of nitrogens with one attached hydrogen (secondary N) is 1. The van der Waals surface area contributed by atoms with Gasteiger partial charge in [-0.3, -0.25) is 19.3 Å². The Labute approximate surface area is 234 Å². The van der Waals surface area contributed by atoms with Crippen LogP contribution in [0.1, 0.15) is 23.1 Å². The van der Waals surface area contributed by atoms with Crippen LogP contribution in [0.4, 0.5) is 5.69 Å². The molecule has 2 saturated carbocycles. The zero-order valence-electron chi connectivity index (χ0n) is 22.6. The molecule has 3 aromatic rings. The molecule has 2 bridgehead atoms. The highest BCUT2D eigenvalue weighted by molar-refractivity contribution is 6.10. The predicted octanol–water partition coefficient (Wildman–Crippen LogP) is 5.70. The highest BCUT2D eigenvalue weighted by Crippen LogP contribution is 2.65. The minimum Gasteiger partial charge on any atom is -0.457 e. The number of imide groups is 1. The number of rotatable bonds is 7. The smallest absolute Gasteiger partial charge is 0.248 e. The van der Waals surface area contributed by atoms with Crippen LogP contribution in [0.2, 0.25) is 0 Å². The van der Waals surface area contributed by atoms with Crippen LogP contribution in [-0.2, 0) is 20.8 Å². The van der Waals surface area contributed by atoms with E-state index in [1.807, 2.05) is 56.3 Å². The molecular formula is C34H32N2O4. The number of allylic oxidation sites excluding steroid dienone is 2. The number of ether oxygens (including phenoxy) is 1. The minimum atomic E-state index is -0.921. The van der Waals surface area contributed by atoms with Gasteiger partial charge < -0.3 is 10.1 Å². The summed E-state index contributed by atoms with van der Waals surface area (Å²) < 4.78 is 6.01. The van der Waals surface area contributed by atoms with E-state index in [1.54, 1.807) is 24.3 Å². The second-order valence-corrected chi connectivity index (χ2v) is 11.8. The van der Waals surface area contributed by atoms with Gasteiger partial charge in [0.15, 0.2) is 0 Å². The Morgan fingerprint density at radius 3 is 2.05 bits per heavy atom. The summed E-state index contributed by atoms with van der Waals surface area (Å²) in [6.45, 7) is 4.05. The van der Waals surface area contributed by atoms with E-state index in [0.717, 1.165) is 28.9 Å². The van der Waals surface area contributed by atoms with Crippen LogP contribution >= 0.6 is 0 Å². The SMILES string of the molecule is Cc1cc(C)cc(Oc2ccc(NC(=O)[C@H](Cc3ccccc3)N3C(=O)[C@@H]4[C@@H]5C=C[C@H]([C@H]6C[C@H]56)[C@@H]4C3=O)cc2)c1. The van der Waals surface area contributed by atoms with Crippen molar-refractivity contribution in [2.45, 2.75) is 32.7 Å². The van der Waals surface area contributed by atoms with E-state index in [0.29, 0.717) is 23.3 Å². The van der Waals surface area contributed by atoms with Crippen LogP contribution in [0.3, 0.4) is 0 Å². The fourth-order valence-electron chi connectivity index (χ4n) is 7.39. The summed E-state index contributed by atoms with van der Waals surface area (Å²) in [7, 11) is 0. The van der Waals surface area contributed by atoms with Crippen LogP contribution in [0.15, 0.2) is 84.9 Å². The molecule has 0 spiro atoms. The lowest BCUT2D eigenvalue weighted by atomic mass is 9.63. The second kappa shape index (κ2) is 9.47. The van der Waals surface area contributed by atoms with Gasteiger partial charge in [-0.15, -0.1) is 0 Å². The van der Waals surface area contributed by atoms with Gasteiger partial charge in [0.05, 0.1) is 11.8 Å². The van der Waals surface area contributed by atoms with Crippen molar-refractivity contribution in [2.75, 3.05) is 5.32 Å². The van der Waals surface area contributed by atoms with E-state index in [1.165, 1.54) is 4.90 Å². The van der Waals surface area contributed by atoms with Gasteiger partial charge in [-0.2, -0.15) is 0 Å². The first kappa shape index (κ1) is 24.8. The van der Waals surface area contributed by atoms with E-state index < -0.39 is 6.04 Å². The van der Waals surface area contributed by atoms with Gasteiger partial charge in [-0.25, -0.2) is 0 Å². The Hall–Kier alpha value is -4.19. The summed E-state index contributed by atoms with van der Waals surface area (Å²) in [5.74, 6) is 1.26. The molecule has 5 aliphatic rings. The van der Waals surface area contributed by atoms with Crippen molar-refractivity contribution >= 4 is 23.4 Å². The molecule has 6 heteroatoms. The number of hydrogen-bond donors (Lipinski definition) is 1. The van der Waals surface area contributed by atoms with Crippen molar-refractivity contribution in [3.8, 4) is 11.5 Å². The molecule has 0 unspecified atom stereocenters. The van der Waals surface area contributed by atoms with Crippen molar-refractivity contribution in [3.63, 3.8) is 0 Å². The number of anilines is 1. The maximum atomic E-state index is 13.8. The Bertz CT molecular complexity index is 1470. The van der Waals surface area contributed by atoms with Crippen molar-refractivity contribution in [3.05, 3.63) is 102 Å². The average molecular weight is 533 g/mol. The summed E-state index contributed by atoms with van der Waals surface area (Å²) in [6, 6.07) is 21.9. The van der Waals surface area contributed by atoms with Crippen LogP contribution < -0.4 is 10.1 Å². The normalized spacial score (nSPS) is 28.2. The maximum Gasteiger partial charge on any atom is 0.248 e. The topological polar surface area (TPSA) is 75.7 Å². The standard InChI is InChI=1S/C34H32N2O4/c1-19-14-20(2)16-24(15-19)40-23-10-8-22(9-11-23)35-32(37)29(17-21-6-4-3-5-7-21)36-33(38)30-25-12-13-26(28-18-27(25)28)31(30)34(36)39/h3-16,25-31H,17-18H2,1-2H3,(H,35,37)/t25-,26-,27-,28-,29+,30-,31+/m1/s1. The zero-order valence-corrected chi connectivity index (χ0v) is 22.6. The van der Waals surface area contributed by atoms with Crippen molar-refractivity contribution in [1.29, 1.82) is 0 Å². The summed E-state index contributed by atoms with van der Waals surface area (Å²) >= 11 is 0. The maximum absolute atomic E-state index is 13.8. The van der Waals surface area contributed by atoms with Crippen molar-refractivity contribution in [1.82, 2.24) is 4.90 Å². The molecule has 3 fully saturated rings. The lowest BCUT2D eigenvalue weighted by molar-refractivity contribution is -0.146. The monoisotopic (exact) mass is 532 g/mol. The molecule has 1 saturated heterocycles. The van der Waals surface area contributed by atoms with Gasteiger partial charge in [0, 0.05) is 12.1 Å². The number of likely N-dealkylation sites (tertiary alicyclic amines) is 1. The molecular weight excluding hydrogens is 500 g/mol. The first-order valence-corrected chi connectivity index (χ1v) is 14.1. The third-order valence-electron chi connectivity index (χ3n) is 9.14. The fourth-order valence-corrected chi connectivity index (χ4v) is 7.39. The number of benzene rings is 3. The molecule has 4 aliphatic carbocycles. The van der Waals surface area contributed by atoms with E-state index >= 15 is 0 Å². The van der Waals surface area contributed by atoms with Crippen LogP contribution in [0.25, 0.3) is 0 Å². The van der Waals surface area contributed by atoms with E-state index in [9.17, 15) is 14.4 Å². The molecule has 8 rings (SSSR count). The Balaban J connectivity index is 1.12. The van der Waals surface area contributed by atoms with E-state index in [2.05, 4.69) is 23.5 Å². The molecule has 40 heavy (non-hydrogen) atoms. The van der Waals surface area contributed by atoms with Gasteiger partial charge in [0.2, 0.25) is 17.7 Å². The summed E-state index contributed by atoms with van der Waals surface area (Å²) in [4.78, 5) is 42.8. The van der Waals surface area contributed by atoms with Gasteiger partial charge in [-0.1, -0.05) is 48.6 Å². The summed E-state index contributed by atoms with van der Waals surface area (Å²) in [5.41, 5.74) is 3.72. The van der Waals surface area contributed by atoms with E-state index in [4.69, 9.17) is 4.74 Å². The quantitative estimate of drug-likeness (QED) is 0.313. The van der Waals surface area contributed by atoms with Crippen LogP contribution in [-0.4, -0.2) is 28.7 Å². The molecule has 0 radical (unpaired) electrons. The first-order chi connectivity index (χ1) is 19.4. The molecule has 3 aromatic carbocycles. The zero-order chi connectivity index (χ0) is 27.5. The third kappa shape index (κ3) is 4.23. The number of hydrogen-bond acceptors (Lipinski definition) is 4. The van der Waals surface area contributed by atoms with Crippen LogP contribution in [0, 0.1) is 49.4 Å². The highest BCUT2D eigenvalue weighted by atomic mass is 16.5. The third-order valence-corrected chi connectivity index (χ3v) is 9.14. The molecule has 1 aliphatic heterocycles. The largest absolute Gasteiger partial charge is 0.457 e. The van der Waals surface area contributed by atoms with Gasteiger partial charge in [0.1, 0.15) is 17.5 Å². The predicted molar refractivity (Wildman–Crippen MR) is 152 cm³/mol. The molecule has 6 nitrogen and oxygen atoms in total. The Kier molecular flexibility index (Phi) is 5.88. The lowest BCUT2D eigenvalue weighted by Gasteiger charge is -2.37. The van der Waals surface area contributed by atoms with Gasteiger partial charge in [0.25, 0.3) is 0 Å². The molecule has 3 amide bonds. The molecule has 202 valence electrons. The van der Waals surface area contributed by atoms with Gasteiger partial charge in [-0.05, 0) is 97.0 Å². The fraction of sp³-hybridized carbons (Fsp3) is 0.324. The van der Waals surface area contributed by atoms with Crippen molar-refractivity contribution in [2.24, 2.45) is 35.5 Å². The number of carbonyl (C=O) groups excluding carboxylic acids is 3. The number of aryl methyl sites for hydroxylation is 2. The molecule has 0 aromatic heterocycles.